The summed E-state index contributed by atoms with van der Waals surface area (Å²) in [5, 5.41) is 38.2. The molecular formula is C61H90N17O26P3S3-4. The number of fused-ring (bicyclic) bond motifs is 3. The average molecular weight is 1670 g/mol. The molecular weight excluding hydrogens is 1580 g/mol. The maximum Gasteiger partial charge on any atom is 0.315 e. The Hall–Kier alpha value is -6.97. The third-order valence-corrected chi connectivity index (χ3v) is 25.6. The van der Waals surface area contributed by atoms with Crippen molar-refractivity contribution in [3.05, 3.63) is 24.8 Å². The summed E-state index contributed by atoms with van der Waals surface area (Å²) in [5.74, 6) is -2.11. The summed E-state index contributed by atoms with van der Waals surface area (Å²) in [6, 6.07) is 0.398. The highest BCUT2D eigenvalue weighted by Gasteiger charge is 2.49. The van der Waals surface area contributed by atoms with Crippen molar-refractivity contribution in [2.24, 2.45) is 5.41 Å². The Morgan fingerprint density at radius 1 is 0.691 bits per heavy atom. The molecule has 0 aliphatic carbocycles. The Morgan fingerprint density at radius 3 is 1.76 bits per heavy atom. The van der Waals surface area contributed by atoms with Gasteiger partial charge in [0.15, 0.2) is 17.7 Å². The van der Waals surface area contributed by atoms with Crippen LogP contribution in [0.3, 0.4) is 0 Å². The zero-order chi connectivity index (χ0) is 80.1. The number of aromatic nitrogens is 4. The molecule has 0 aromatic carbocycles. The number of carbonyl (C=O) groups is 12. The number of urea groups is 2. The standard InChI is InChI=1S/C41H65N12O21P3S2.C20H29N5O5S/c1-41(2,19-71-77(68,69)74-76(66,67)70-17-23-33(73-75(63,64)65)32(58)39(72-23)53-21-47-31-35(42)45-20-46-36(31)53)34(59)37(60)44-12-11-26(54)43-13-15-78-25-16-29(57)52(38(25)61)14-7-3-4-9-27(55)50-51-28(56)10-6-5-8-24-30-22(18-79-24)48-40(62)49-30;26-15(7-2-1-5-11-25-17(28)9-10-18(25)29)23-24-16(27)8-4-3-6-14-19-13(12-31-14)21-20(30)22-19/h20-25,30,32-34,39,58-59H,3-19H2,1-2H3,(H,43,54)(H,44,60)(H,50,55)(H,51,56)(H,66,67)(H,68,69)(H2,42,45,46)(H2,48,49,62)(H2,63,64,65);9-10,13-14,19H,1-8,11-12H2,(H,23,26)(H,24,27)(H2,21,22,30)/p-4/t22-,23+,24-,25+,30-,32-,33?,34-,39+;13-,14-,19-/m00/s1. The lowest BCUT2D eigenvalue weighted by molar-refractivity contribution is -0.347. The molecule has 49 heteroatoms. The average Bonchev–Trinajstić information content (AvgIpc) is 1.61. The molecule has 43 nitrogen and oxygen atoms in total. The number of anilines is 1. The molecule has 0 spiro atoms. The quantitative estimate of drug-likeness (QED) is 0.0101. The van der Waals surface area contributed by atoms with Crippen molar-refractivity contribution in [2.45, 2.75) is 200 Å². The summed E-state index contributed by atoms with van der Waals surface area (Å²) in [7, 11) is -17.7. The number of rotatable bonds is 42. The number of nitrogens with two attached hydrogens (primary N) is 1. The number of nitrogens with zero attached hydrogens (tertiary/aromatic N) is 6. The molecule has 110 heavy (non-hydrogen) atoms. The van der Waals surface area contributed by atoms with Crippen LogP contribution in [0.5, 0.6) is 0 Å². The molecule has 6 saturated heterocycles. The maximum absolute atomic E-state index is 12.9. The second-order valence-corrected chi connectivity index (χ2v) is 35.1. The Morgan fingerprint density at radius 2 is 1.22 bits per heavy atom. The first kappa shape index (κ1) is 88.6. The van der Waals surface area contributed by atoms with Crippen LogP contribution in [0.2, 0.25) is 0 Å². The van der Waals surface area contributed by atoms with Gasteiger partial charge in [-0.1, -0.05) is 39.5 Å². The number of aliphatic hydroxyl groups is 2. The molecule has 9 heterocycles. The number of aliphatic hydroxyl groups excluding tert-OH is 2. The van der Waals surface area contributed by atoms with E-state index in [2.05, 4.69) is 86.4 Å². The second kappa shape index (κ2) is 41.2. The van der Waals surface area contributed by atoms with Gasteiger partial charge >= 0.3 is 12.1 Å². The molecule has 9 rings (SSSR count). The number of likely N-dealkylation sites (tertiary alicyclic amines) is 1. The fourth-order valence-corrected chi connectivity index (χ4v) is 19.4. The first-order valence-corrected chi connectivity index (χ1v) is 42.9. The first-order valence-electron chi connectivity index (χ1n) is 35.4. The second-order valence-electron chi connectivity index (χ2n) is 27.1. The lowest BCUT2D eigenvalue weighted by atomic mass is 9.87. The lowest BCUT2D eigenvalue weighted by Crippen LogP contribution is -2.46. The molecule has 612 valence electrons. The first-order chi connectivity index (χ1) is 52.1. The van der Waals surface area contributed by atoms with Crippen LogP contribution in [0.1, 0.15) is 136 Å². The smallest absolute Gasteiger partial charge is 0.315 e. The third kappa shape index (κ3) is 26.9. The molecule has 2 aromatic heterocycles. The largest absolute Gasteiger partial charge is 0.790 e. The fraction of sp³-hybridized carbons (Fsp3) is 0.689. The van der Waals surface area contributed by atoms with Crippen molar-refractivity contribution < 1.29 is 124 Å². The van der Waals surface area contributed by atoms with Crippen molar-refractivity contribution in [3.63, 3.8) is 0 Å². The minimum absolute atomic E-state index is 0.0256. The van der Waals surface area contributed by atoms with E-state index in [1.54, 1.807) is 11.8 Å². The van der Waals surface area contributed by atoms with Crippen LogP contribution in [-0.4, -0.2) is 232 Å². The topological polar surface area (TPSA) is 631 Å². The van der Waals surface area contributed by atoms with Gasteiger partial charge in [-0.2, -0.15) is 23.5 Å². The van der Waals surface area contributed by atoms with Crippen molar-refractivity contribution in [2.75, 3.05) is 62.4 Å². The number of imide groups is 2. The minimum Gasteiger partial charge on any atom is -0.790 e. The molecule has 7 aliphatic heterocycles. The van der Waals surface area contributed by atoms with Crippen molar-refractivity contribution >= 4 is 147 Å². The molecule has 14 N–H and O–H groups in total. The summed E-state index contributed by atoms with van der Waals surface area (Å²) in [6.07, 6.45) is 3.87. The van der Waals surface area contributed by atoms with Crippen molar-refractivity contribution in [1.82, 2.24) is 82.9 Å². The van der Waals surface area contributed by atoms with Gasteiger partial charge in [0.1, 0.15) is 36.3 Å². The van der Waals surface area contributed by atoms with Crippen LogP contribution >= 0.6 is 58.8 Å². The van der Waals surface area contributed by atoms with E-state index in [-0.39, 0.29) is 158 Å². The molecule has 14 atom stereocenters. The van der Waals surface area contributed by atoms with Crippen LogP contribution in [0.25, 0.3) is 11.2 Å². The number of nitrogen functional groups attached to an aromatic ring is 1. The Bertz CT molecular complexity index is 3830. The minimum atomic E-state index is -5.96. The van der Waals surface area contributed by atoms with Crippen LogP contribution in [0.15, 0.2) is 24.8 Å². The molecule has 6 fully saturated rings. The summed E-state index contributed by atoms with van der Waals surface area (Å²) in [6.45, 7) is 0.334. The van der Waals surface area contributed by atoms with Crippen LogP contribution in [0, 0.1) is 5.41 Å². The highest BCUT2D eigenvalue weighted by atomic mass is 32.2. The number of hydrogen-bond acceptors (Lipinski definition) is 33. The van der Waals surface area contributed by atoms with Crippen LogP contribution in [0.4, 0.5) is 15.4 Å². The molecule has 3 unspecified atom stereocenters. The molecule has 14 amide bonds. The van der Waals surface area contributed by atoms with Gasteiger partial charge in [0, 0.05) is 110 Å². The summed E-state index contributed by atoms with van der Waals surface area (Å²) < 4.78 is 60.9. The Kier molecular flexibility index (Phi) is 33.2. The Balaban J connectivity index is 0.000000407. The molecule has 0 bridgehead atoms. The van der Waals surface area contributed by atoms with Gasteiger partial charge in [-0.05, 0) is 51.4 Å². The zero-order valence-electron chi connectivity index (χ0n) is 59.8. The van der Waals surface area contributed by atoms with Gasteiger partial charge in [0.2, 0.25) is 47.3 Å². The van der Waals surface area contributed by atoms with E-state index >= 15 is 0 Å². The van der Waals surface area contributed by atoms with E-state index in [9.17, 15) is 101 Å². The van der Waals surface area contributed by atoms with Gasteiger partial charge in [0.25, 0.3) is 27.5 Å². The highest BCUT2D eigenvalue weighted by molar-refractivity contribution is 8.01. The van der Waals surface area contributed by atoms with E-state index in [0.29, 0.717) is 68.4 Å². The van der Waals surface area contributed by atoms with E-state index in [1.165, 1.54) is 47.6 Å². The van der Waals surface area contributed by atoms with Gasteiger partial charge in [-0.25, -0.2) is 28.9 Å². The predicted octanol–water partition coefficient (Wildman–Crippen LogP) is -3.48. The number of thioether (sulfide) groups is 3. The Labute approximate surface area is 642 Å². The van der Waals surface area contributed by atoms with Crippen LogP contribution in [-0.2, 0) is 84.3 Å². The lowest BCUT2D eigenvalue weighted by Gasteiger charge is -2.36. The number of imidazole rings is 1. The zero-order valence-corrected chi connectivity index (χ0v) is 65.0. The monoisotopic (exact) mass is 1670 g/mol. The summed E-state index contributed by atoms with van der Waals surface area (Å²) in [5.41, 5.74) is 13.7. The third-order valence-electron chi connectivity index (χ3n) is 18.3. The van der Waals surface area contributed by atoms with E-state index < -0.39 is 89.8 Å². The number of amides is 14. The van der Waals surface area contributed by atoms with E-state index in [0.717, 1.165) is 60.8 Å². The van der Waals surface area contributed by atoms with Crippen molar-refractivity contribution in [3.8, 4) is 0 Å². The molecule has 0 radical (unpaired) electrons. The molecule has 2 aromatic rings. The van der Waals surface area contributed by atoms with E-state index in [4.69, 9.17) is 10.5 Å². The summed E-state index contributed by atoms with van der Waals surface area (Å²) >= 11 is 4.83. The van der Waals surface area contributed by atoms with Gasteiger partial charge in [-0.15, -0.1) is 11.8 Å². The van der Waals surface area contributed by atoms with E-state index in [1.807, 2.05) is 11.8 Å². The number of phosphoric acid groups is 3. The highest BCUT2D eigenvalue weighted by Crippen LogP contribution is 2.57. The number of phosphoric ester groups is 3. The molecule has 0 saturated carbocycles. The van der Waals surface area contributed by atoms with Crippen molar-refractivity contribution in [1.29, 1.82) is 0 Å². The normalized spacial score (nSPS) is 24.8. The number of ether oxygens (including phenoxy) is 1. The van der Waals surface area contributed by atoms with Gasteiger partial charge in [0.05, 0.1) is 56.8 Å². The van der Waals surface area contributed by atoms with Crippen LogP contribution < -0.4 is 78.9 Å². The predicted molar refractivity (Wildman–Crippen MR) is 382 cm³/mol. The number of hydrogen-bond donors (Lipinski definition) is 13. The fourth-order valence-electron chi connectivity index (χ4n) is 12.5. The van der Waals surface area contributed by atoms with Gasteiger partial charge < -0.3 is 90.3 Å². The van der Waals surface area contributed by atoms with Gasteiger partial charge in [-0.3, -0.25) is 93.1 Å². The number of nitrogens with one attached hydrogen (secondary N) is 10. The summed E-state index contributed by atoms with van der Waals surface area (Å²) in [4.78, 5) is 207. The number of carbonyl (C=O) groups excluding carboxylic acids is 12. The number of unbranched alkanes of at least 4 members (excludes halogenated alkanes) is 6. The molecule has 7 aliphatic rings. The number of hydrazine groups is 2. The maximum atomic E-state index is 12.9. The SMILES string of the molecule is CC(C)(COP(=O)([O-])OP(=O)([O-])OC[C@H]1O[C@@H](n2cnc3c(N)ncnc32)[C@@H](O)C1OP(=O)([O-])[O-])[C@@H](O)C(=O)NCCC(=O)NCCS[C@@H]1CC(=O)N(CCCCCC(=O)NNC(=O)CCCC[C@@H]2SC[C@@H]3NC(=O)N[C@@H]32)C1=O.O=C(CCCCCN1C(=O)C=CC1=O)NNC(=O)CCCC[C@@H]1SC[C@@H]2NC(=O)N[C@@H]21.